The van der Waals surface area contributed by atoms with Crippen molar-refractivity contribution in [2.45, 2.75) is 31.7 Å². The Labute approximate surface area is 126 Å². The summed E-state index contributed by atoms with van der Waals surface area (Å²) in [6.45, 7) is 0.634. The van der Waals surface area contributed by atoms with Crippen LogP contribution in [0.4, 0.5) is 0 Å². The third-order valence-corrected chi connectivity index (χ3v) is 3.49. The highest BCUT2D eigenvalue weighted by molar-refractivity contribution is 5.88. The predicted molar refractivity (Wildman–Crippen MR) is 74.2 cm³/mol. The quantitative estimate of drug-likeness (QED) is 0.906. The van der Waals surface area contributed by atoms with Crippen molar-refractivity contribution in [2.75, 3.05) is 6.61 Å². The molecule has 0 unspecified atom stereocenters. The lowest BCUT2D eigenvalue weighted by Crippen LogP contribution is -2.25. The number of carbonyl (C=O) groups is 1. The maximum atomic E-state index is 11.3. The zero-order chi connectivity index (χ0) is 15.4. The molecule has 0 bridgehead atoms. The fourth-order valence-electron chi connectivity index (χ4n) is 2.40. The molecular formula is C15H16N2O5. The van der Waals surface area contributed by atoms with Crippen LogP contribution in [-0.4, -0.2) is 34.1 Å². The maximum Gasteiger partial charge on any atom is 0.341 e. The summed E-state index contributed by atoms with van der Waals surface area (Å²) >= 11 is 0. The van der Waals surface area contributed by atoms with Crippen LogP contribution < -0.4 is 0 Å². The molecule has 0 aromatic carbocycles. The number of carboxylic acids is 1. The van der Waals surface area contributed by atoms with Crippen molar-refractivity contribution in [3.05, 3.63) is 47.6 Å². The second-order valence-corrected chi connectivity index (χ2v) is 5.02. The Hall–Kier alpha value is -2.25. The Bertz CT molecular complexity index is 622. The number of ether oxygens (including phenoxy) is 2. The number of hydrogen-bond acceptors (Lipinski definition) is 6. The Morgan fingerprint density at radius 3 is 3.05 bits per heavy atom. The molecule has 116 valence electrons. The van der Waals surface area contributed by atoms with E-state index in [0.717, 1.165) is 25.5 Å². The van der Waals surface area contributed by atoms with Crippen LogP contribution >= 0.6 is 0 Å². The van der Waals surface area contributed by atoms with Crippen molar-refractivity contribution in [3.8, 4) is 0 Å². The van der Waals surface area contributed by atoms with Crippen molar-refractivity contribution in [2.24, 2.45) is 0 Å². The van der Waals surface area contributed by atoms with Gasteiger partial charge >= 0.3 is 5.97 Å². The number of carboxylic acid groups (broad SMARTS) is 1. The van der Waals surface area contributed by atoms with Crippen molar-refractivity contribution in [3.63, 3.8) is 0 Å². The Morgan fingerprint density at radius 2 is 2.36 bits per heavy atom. The molecule has 0 aliphatic carbocycles. The van der Waals surface area contributed by atoms with Crippen LogP contribution in [0.5, 0.6) is 0 Å². The molecule has 1 aliphatic heterocycles. The lowest BCUT2D eigenvalue weighted by atomic mass is 10.0. The van der Waals surface area contributed by atoms with Gasteiger partial charge in [0.25, 0.3) is 0 Å². The minimum Gasteiger partial charge on any atom is -0.478 e. The van der Waals surface area contributed by atoms with Gasteiger partial charge in [-0.05, 0) is 25.3 Å². The SMILES string of the molecule is O=C(O)c1conc1[C@H](O[C@@H]1CCCCO1)c1cccnc1. The molecule has 0 spiro atoms. The summed E-state index contributed by atoms with van der Waals surface area (Å²) in [6, 6.07) is 3.56. The minimum atomic E-state index is -1.11. The molecule has 7 nitrogen and oxygen atoms in total. The van der Waals surface area contributed by atoms with Crippen molar-refractivity contribution in [1.29, 1.82) is 0 Å². The second-order valence-electron chi connectivity index (χ2n) is 5.02. The molecule has 22 heavy (non-hydrogen) atoms. The summed E-state index contributed by atoms with van der Waals surface area (Å²) < 4.78 is 16.4. The number of pyridine rings is 1. The highest BCUT2D eigenvalue weighted by Crippen LogP contribution is 2.30. The van der Waals surface area contributed by atoms with E-state index in [1.807, 2.05) is 0 Å². The van der Waals surface area contributed by atoms with Crippen LogP contribution in [0.25, 0.3) is 0 Å². The number of aromatic carboxylic acids is 1. The third kappa shape index (κ3) is 3.15. The van der Waals surface area contributed by atoms with Gasteiger partial charge in [-0.25, -0.2) is 4.79 Å². The minimum absolute atomic E-state index is 0.0235. The smallest absolute Gasteiger partial charge is 0.341 e. The monoisotopic (exact) mass is 304 g/mol. The summed E-state index contributed by atoms with van der Waals surface area (Å²) in [6.07, 6.45) is 6.05. The average Bonchev–Trinajstić information content (AvgIpc) is 3.04. The van der Waals surface area contributed by atoms with E-state index in [9.17, 15) is 9.90 Å². The Morgan fingerprint density at radius 1 is 1.45 bits per heavy atom. The lowest BCUT2D eigenvalue weighted by molar-refractivity contribution is -0.182. The van der Waals surface area contributed by atoms with Crippen molar-refractivity contribution < 1.29 is 23.9 Å². The highest BCUT2D eigenvalue weighted by Gasteiger charge is 2.29. The normalized spacial score (nSPS) is 19.7. The van der Waals surface area contributed by atoms with E-state index in [4.69, 9.17) is 14.0 Å². The van der Waals surface area contributed by atoms with Crippen LogP contribution in [0, 0.1) is 0 Å². The number of rotatable bonds is 5. The van der Waals surface area contributed by atoms with Gasteiger partial charge in [0, 0.05) is 24.6 Å². The van der Waals surface area contributed by atoms with E-state index in [1.165, 1.54) is 0 Å². The van der Waals surface area contributed by atoms with E-state index in [-0.39, 0.29) is 11.3 Å². The summed E-state index contributed by atoms with van der Waals surface area (Å²) in [7, 11) is 0. The zero-order valence-electron chi connectivity index (χ0n) is 11.8. The van der Waals surface area contributed by atoms with Gasteiger partial charge in [0.2, 0.25) is 0 Å². The molecule has 0 radical (unpaired) electrons. The predicted octanol–water partition coefficient (Wildman–Crippen LogP) is 2.40. The first-order valence-corrected chi connectivity index (χ1v) is 7.10. The largest absolute Gasteiger partial charge is 0.478 e. The molecule has 1 fully saturated rings. The van der Waals surface area contributed by atoms with Gasteiger partial charge in [-0.1, -0.05) is 11.2 Å². The highest BCUT2D eigenvalue weighted by atomic mass is 16.7. The van der Waals surface area contributed by atoms with Crippen LogP contribution in [0.3, 0.4) is 0 Å². The van der Waals surface area contributed by atoms with Gasteiger partial charge in [0.05, 0.1) is 0 Å². The van der Waals surface area contributed by atoms with Crippen LogP contribution in [0.1, 0.15) is 47.0 Å². The average molecular weight is 304 g/mol. The summed E-state index contributed by atoms with van der Waals surface area (Å²) in [5.74, 6) is -1.11. The zero-order valence-corrected chi connectivity index (χ0v) is 11.8. The lowest BCUT2D eigenvalue weighted by Gasteiger charge is -2.27. The molecule has 2 aromatic heterocycles. The fraction of sp³-hybridized carbons (Fsp3) is 0.400. The van der Waals surface area contributed by atoms with Gasteiger partial charge in [-0.15, -0.1) is 0 Å². The Balaban J connectivity index is 1.92. The third-order valence-electron chi connectivity index (χ3n) is 3.49. The van der Waals surface area contributed by atoms with Crippen LogP contribution in [0.15, 0.2) is 35.3 Å². The molecule has 0 saturated carbocycles. The molecule has 2 atom stereocenters. The molecule has 3 heterocycles. The summed E-state index contributed by atoms with van der Waals surface area (Å²) in [4.78, 5) is 15.4. The number of hydrogen-bond donors (Lipinski definition) is 1. The summed E-state index contributed by atoms with van der Waals surface area (Å²) in [5, 5.41) is 13.1. The number of aromatic nitrogens is 2. The van der Waals surface area contributed by atoms with E-state index in [1.54, 1.807) is 24.5 Å². The molecule has 1 N–H and O–H groups in total. The Kier molecular flexibility index (Phi) is 4.45. The fourth-order valence-corrected chi connectivity index (χ4v) is 2.40. The van der Waals surface area contributed by atoms with E-state index < -0.39 is 18.4 Å². The first kappa shape index (κ1) is 14.7. The molecular weight excluding hydrogens is 288 g/mol. The van der Waals surface area contributed by atoms with Crippen molar-refractivity contribution in [1.82, 2.24) is 10.1 Å². The first-order chi connectivity index (χ1) is 10.8. The molecule has 3 rings (SSSR count). The van der Waals surface area contributed by atoms with E-state index in [2.05, 4.69) is 10.1 Å². The van der Waals surface area contributed by atoms with Crippen molar-refractivity contribution >= 4 is 5.97 Å². The first-order valence-electron chi connectivity index (χ1n) is 7.10. The topological polar surface area (TPSA) is 94.7 Å². The van der Waals surface area contributed by atoms with Crippen LogP contribution in [0.2, 0.25) is 0 Å². The van der Waals surface area contributed by atoms with E-state index in [0.29, 0.717) is 12.2 Å². The summed E-state index contributed by atoms with van der Waals surface area (Å²) in [5.41, 5.74) is 0.896. The van der Waals surface area contributed by atoms with E-state index >= 15 is 0 Å². The molecule has 1 aliphatic rings. The molecule has 2 aromatic rings. The standard InChI is InChI=1S/C15H16N2O5/c18-15(19)11-9-21-17-13(11)14(10-4-3-6-16-8-10)22-12-5-1-2-7-20-12/h3-4,6,8-9,12,14H,1-2,5,7H2,(H,18,19)/t12-,14-/m1/s1. The van der Waals surface area contributed by atoms with Gasteiger partial charge < -0.3 is 19.1 Å². The van der Waals surface area contributed by atoms with Gasteiger partial charge in [-0.2, -0.15) is 0 Å². The van der Waals surface area contributed by atoms with Gasteiger partial charge in [-0.3, -0.25) is 4.98 Å². The molecule has 7 heteroatoms. The molecule has 0 amide bonds. The van der Waals surface area contributed by atoms with Gasteiger partial charge in [0.15, 0.2) is 6.29 Å². The maximum absolute atomic E-state index is 11.3. The second kappa shape index (κ2) is 6.67. The number of nitrogens with zero attached hydrogens (tertiary/aromatic N) is 2. The van der Waals surface area contributed by atoms with Crippen LogP contribution in [-0.2, 0) is 9.47 Å². The van der Waals surface area contributed by atoms with Gasteiger partial charge in [0.1, 0.15) is 23.6 Å². The molecule has 1 saturated heterocycles.